The highest BCUT2D eigenvalue weighted by Crippen LogP contribution is 2.40. The maximum absolute atomic E-state index is 12.3. The van der Waals surface area contributed by atoms with Gasteiger partial charge in [0.1, 0.15) is 24.4 Å². The van der Waals surface area contributed by atoms with E-state index in [-0.39, 0.29) is 36.2 Å². The van der Waals surface area contributed by atoms with Gasteiger partial charge in [-0.25, -0.2) is 4.79 Å². The Morgan fingerprint density at radius 3 is 2.78 bits per heavy atom. The molecule has 0 N–H and O–H groups in total. The topological polar surface area (TPSA) is 74.4 Å². The smallest absolute Gasteiger partial charge is 0.338 e. The third-order valence-electron chi connectivity index (χ3n) is 4.56. The number of epoxide rings is 1. The maximum Gasteiger partial charge on any atom is 0.338 e. The predicted molar refractivity (Wildman–Crippen MR) is 77.7 cm³/mol. The molecule has 5 atom stereocenters. The van der Waals surface area contributed by atoms with Crippen LogP contribution in [0.1, 0.15) is 23.2 Å². The Labute approximate surface area is 133 Å². The molecule has 1 aromatic rings. The van der Waals surface area contributed by atoms with Gasteiger partial charge in [0.05, 0.1) is 25.2 Å². The maximum atomic E-state index is 12.3. The second-order valence-corrected chi connectivity index (χ2v) is 6.20. The molecule has 0 bridgehead atoms. The van der Waals surface area contributed by atoms with E-state index in [0.717, 1.165) is 0 Å². The molecule has 6 nitrogen and oxygen atoms in total. The van der Waals surface area contributed by atoms with Crippen molar-refractivity contribution in [2.75, 3.05) is 13.2 Å². The number of rotatable bonds is 5. The van der Waals surface area contributed by atoms with Crippen molar-refractivity contribution >= 4 is 11.9 Å². The van der Waals surface area contributed by atoms with Gasteiger partial charge in [-0.05, 0) is 12.1 Å². The van der Waals surface area contributed by atoms with Gasteiger partial charge in [-0.3, -0.25) is 4.79 Å². The molecule has 3 aliphatic rings. The molecule has 0 radical (unpaired) electrons. The zero-order valence-electron chi connectivity index (χ0n) is 12.6. The summed E-state index contributed by atoms with van der Waals surface area (Å²) >= 11 is 0. The van der Waals surface area contributed by atoms with Gasteiger partial charge < -0.3 is 18.9 Å². The lowest BCUT2D eigenvalue weighted by Gasteiger charge is -2.23. The van der Waals surface area contributed by atoms with Crippen molar-refractivity contribution in [2.24, 2.45) is 5.92 Å². The van der Waals surface area contributed by atoms with E-state index in [1.54, 1.807) is 24.3 Å². The molecule has 122 valence electrons. The summed E-state index contributed by atoms with van der Waals surface area (Å²) in [6.45, 7) is 1.16. The molecule has 2 heterocycles. The van der Waals surface area contributed by atoms with E-state index in [1.807, 2.05) is 6.07 Å². The van der Waals surface area contributed by atoms with Gasteiger partial charge in [0.2, 0.25) is 0 Å². The highest BCUT2D eigenvalue weighted by molar-refractivity contribution is 5.89. The van der Waals surface area contributed by atoms with Gasteiger partial charge >= 0.3 is 11.9 Å². The van der Waals surface area contributed by atoms with Gasteiger partial charge in [-0.2, -0.15) is 0 Å². The number of esters is 2. The van der Waals surface area contributed by atoms with E-state index in [4.69, 9.17) is 18.9 Å². The summed E-state index contributed by atoms with van der Waals surface area (Å²) in [5.41, 5.74) is 0.505. The van der Waals surface area contributed by atoms with Crippen LogP contribution in [-0.2, 0) is 23.7 Å². The predicted octanol–water partition coefficient (Wildman–Crippen LogP) is 1.33. The summed E-state index contributed by atoms with van der Waals surface area (Å²) in [7, 11) is 0. The molecule has 4 rings (SSSR count). The molecular weight excluding hydrogens is 300 g/mol. The zero-order chi connectivity index (χ0) is 15.8. The van der Waals surface area contributed by atoms with Crippen LogP contribution in [0.25, 0.3) is 0 Å². The summed E-state index contributed by atoms with van der Waals surface area (Å²) in [5.74, 6) is -0.628. The number of carbonyl (C=O) groups excluding carboxylic acids is 2. The number of hydrogen-bond donors (Lipinski definition) is 0. The molecular formula is C17H18O6. The molecule has 1 unspecified atom stereocenters. The van der Waals surface area contributed by atoms with Crippen LogP contribution in [0, 0.1) is 5.92 Å². The minimum absolute atomic E-state index is 0.0465. The zero-order valence-corrected chi connectivity index (χ0v) is 12.6. The van der Waals surface area contributed by atoms with E-state index in [0.29, 0.717) is 31.6 Å². The van der Waals surface area contributed by atoms with Crippen molar-refractivity contribution in [1.29, 1.82) is 0 Å². The molecule has 0 aromatic heterocycles. The van der Waals surface area contributed by atoms with E-state index < -0.39 is 6.10 Å². The van der Waals surface area contributed by atoms with Gasteiger partial charge in [0, 0.05) is 12.3 Å². The van der Waals surface area contributed by atoms with Crippen molar-refractivity contribution in [3.63, 3.8) is 0 Å². The Kier molecular flexibility index (Phi) is 3.79. The number of ether oxygens (including phenoxy) is 4. The van der Waals surface area contributed by atoms with Crippen LogP contribution in [0.4, 0.5) is 0 Å². The fourth-order valence-corrected chi connectivity index (χ4v) is 3.33. The molecule has 2 aliphatic heterocycles. The minimum Gasteiger partial charge on any atom is -0.462 e. The standard InChI is InChI=1S/C17H18O6/c18-15-6-12-13(22-15)7-14(16(12)21-9-11-8-20-11)23-17(19)10-4-2-1-3-5-10/h1-5,11-14,16H,6-9H2/t11?,12-,13-,14-,16-/m1/s1. The lowest BCUT2D eigenvalue weighted by atomic mass is 10.0. The van der Waals surface area contributed by atoms with Crippen molar-refractivity contribution in [1.82, 2.24) is 0 Å². The molecule has 0 amide bonds. The second kappa shape index (κ2) is 5.94. The Morgan fingerprint density at radius 2 is 2.04 bits per heavy atom. The van der Waals surface area contributed by atoms with Crippen LogP contribution in [0.15, 0.2) is 30.3 Å². The quantitative estimate of drug-likeness (QED) is 0.602. The van der Waals surface area contributed by atoms with E-state index in [9.17, 15) is 9.59 Å². The SMILES string of the molecule is O=C1C[C@H]2[C@@H](OCC3CO3)[C@H](OC(=O)c3ccccc3)C[C@H]2O1. The molecule has 1 aromatic carbocycles. The molecule has 3 fully saturated rings. The van der Waals surface area contributed by atoms with Crippen molar-refractivity contribution in [3.05, 3.63) is 35.9 Å². The van der Waals surface area contributed by atoms with E-state index in [2.05, 4.69) is 0 Å². The summed E-state index contributed by atoms with van der Waals surface area (Å²) in [6, 6.07) is 8.86. The van der Waals surface area contributed by atoms with Crippen LogP contribution in [0.2, 0.25) is 0 Å². The average Bonchev–Trinajstić information content (AvgIpc) is 3.24. The van der Waals surface area contributed by atoms with E-state index in [1.165, 1.54) is 0 Å². The molecule has 1 aliphatic carbocycles. The molecule has 2 saturated heterocycles. The normalized spacial score (nSPS) is 34.8. The first-order valence-electron chi connectivity index (χ1n) is 7.89. The summed E-state index contributed by atoms with van der Waals surface area (Å²) in [4.78, 5) is 23.8. The van der Waals surface area contributed by atoms with Crippen molar-refractivity contribution in [2.45, 2.75) is 37.3 Å². The van der Waals surface area contributed by atoms with Crippen LogP contribution in [0.3, 0.4) is 0 Å². The lowest BCUT2D eigenvalue weighted by molar-refractivity contribution is -0.142. The summed E-state index contributed by atoms with van der Waals surface area (Å²) in [6.07, 6.45) is -0.00240. The third-order valence-corrected chi connectivity index (χ3v) is 4.56. The van der Waals surface area contributed by atoms with Crippen molar-refractivity contribution < 1.29 is 28.5 Å². The largest absolute Gasteiger partial charge is 0.462 e. The first kappa shape index (κ1) is 14.7. The first-order chi connectivity index (χ1) is 11.2. The number of benzene rings is 1. The second-order valence-electron chi connectivity index (χ2n) is 6.20. The van der Waals surface area contributed by atoms with Crippen LogP contribution in [0.5, 0.6) is 0 Å². The van der Waals surface area contributed by atoms with Gasteiger partial charge in [-0.15, -0.1) is 0 Å². The Hall–Kier alpha value is -1.92. The fraction of sp³-hybridized carbons (Fsp3) is 0.529. The molecule has 0 spiro atoms. The minimum atomic E-state index is -0.399. The third kappa shape index (κ3) is 3.09. The molecule has 23 heavy (non-hydrogen) atoms. The molecule has 1 saturated carbocycles. The lowest BCUT2D eigenvalue weighted by Crippen LogP contribution is -2.34. The summed E-state index contributed by atoms with van der Waals surface area (Å²) in [5, 5.41) is 0. The Balaban J connectivity index is 1.45. The highest BCUT2D eigenvalue weighted by atomic mass is 16.6. The monoisotopic (exact) mass is 318 g/mol. The van der Waals surface area contributed by atoms with Crippen LogP contribution in [-0.4, -0.2) is 49.6 Å². The van der Waals surface area contributed by atoms with Crippen LogP contribution >= 0.6 is 0 Å². The van der Waals surface area contributed by atoms with Gasteiger partial charge in [-0.1, -0.05) is 18.2 Å². The fourth-order valence-electron chi connectivity index (χ4n) is 3.33. The first-order valence-corrected chi connectivity index (χ1v) is 7.89. The average molecular weight is 318 g/mol. The van der Waals surface area contributed by atoms with E-state index >= 15 is 0 Å². The van der Waals surface area contributed by atoms with Crippen molar-refractivity contribution in [3.8, 4) is 0 Å². The highest BCUT2D eigenvalue weighted by Gasteiger charge is 2.53. The van der Waals surface area contributed by atoms with Gasteiger partial charge in [0.15, 0.2) is 0 Å². The van der Waals surface area contributed by atoms with Gasteiger partial charge in [0.25, 0.3) is 0 Å². The number of hydrogen-bond acceptors (Lipinski definition) is 6. The Morgan fingerprint density at radius 1 is 1.26 bits per heavy atom. The summed E-state index contributed by atoms with van der Waals surface area (Å²) < 4.78 is 22.0. The molecule has 6 heteroatoms. The number of fused-ring (bicyclic) bond motifs is 1. The van der Waals surface area contributed by atoms with Crippen LogP contribution < -0.4 is 0 Å². The Bertz CT molecular complexity index is 596. The number of carbonyl (C=O) groups is 2.